The Morgan fingerprint density at radius 2 is 2.10 bits per heavy atom. The number of thiocarbonyl (C=S) groups is 1. The summed E-state index contributed by atoms with van der Waals surface area (Å²) in [6.07, 6.45) is 0.526. The molecule has 1 aliphatic rings. The van der Waals surface area contributed by atoms with Crippen molar-refractivity contribution in [2.24, 2.45) is 0 Å². The molecule has 2 aromatic rings. The summed E-state index contributed by atoms with van der Waals surface area (Å²) in [5.41, 5.74) is 0.850. The number of nitrogens with zero attached hydrogens (tertiary/aromatic N) is 1. The molecule has 0 aliphatic carbocycles. The van der Waals surface area contributed by atoms with E-state index in [1.165, 1.54) is 16.7 Å². The summed E-state index contributed by atoms with van der Waals surface area (Å²) in [7, 11) is 1.70. The number of thioether (sulfide) groups is 1. The van der Waals surface area contributed by atoms with E-state index in [1.807, 2.05) is 36.4 Å². The van der Waals surface area contributed by atoms with Crippen LogP contribution >= 0.6 is 35.6 Å². The zero-order valence-electron chi connectivity index (χ0n) is 11.2. The van der Waals surface area contributed by atoms with Gasteiger partial charge in [-0.2, -0.15) is 0 Å². The summed E-state index contributed by atoms with van der Waals surface area (Å²) in [5.74, 6) is 1.50. The van der Waals surface area contributed by atoms with E-state index >= 15 is 0 Å². The van der Waals surface area contributed by atoms with Crippen LogP contribution in [0.1, 0.15) is 5.76 Å². The Balaban J connectivity index is 1.79. The highest BCUT2D eigenvalue weighted by Crippen LogP contribution is 2.32. The van der Waals surface area contributed by atoms with Crippen molar-refractivity contribution in [3.05, 3.63) is 47.2 Å². The molecular weight excluding hydrogens is 326 g/mol. The number of furan rings is 1. The Morgan fingerprint density at radius 3 is 2.76 bits per heavy atom. The van der Waals surface area contributed by atoms with E-state index in [4.69, 9.17) is 28.2 Å². The van der Waals surface area contributed by atoms with E-state index in [0.29, 0.717) is 21.5 Å². The number of carbonyl (C=O) groups excluding carboxylic acids is 1. The van der Waals surface area contributed by atoms with Crippen LogP contribution in [0.3, 0.4) is 0 Å². The molecule has 108 valence electrons. The highest BCUT2D eigenvalue weighted by atomic mass is 35.5. The van der Waals surface area contributed by atoms with Crippen LogP contribution in [0.2, 0.25) is 5.02 Å². The van der Waals surface area contributed by atoms with Crippen LogP contribution in [0.25, 0.3) is 11.3 Å². The quantitative estimate of drug-likeness (QED) is 0.793. The lowest BCUT2D eigenvalue weighted by molar-refractivity contribution is -0.125. The second-order valence-electron chi connectivity index (χ2n) is 4.72. The second kappa shape index (κ2) is 5.83. The molecule has 1 atom stereocenters. The summed E-state index contributed by atoms with van der Waals surface area (Å²) in [6.45, 7) is 0. The zero-order valence-corrected chi connectivity index (χ0v) is 13.6. The molecule has 3 rings (SSSR count). The summed E-state index contributed by atoms with van der Waals surface area (Å²) in [4.78, 5) is 13.5. The molecule has 1 aromatic carbocycles. The number of rotatable bonds is 3. The molecule has 1 fully saturated rings. The fraction of sp³-hybridized carbons (Fsp3) is 0.200. The Kier molecular flexibility index (Phi) is 4.06. The first-order valence-corrected chi connectivity index (χ1v) is 8.04. The minimum absolute atomic E-state index is 0.0284. The maximum Gasteiger partial charge on any atom is 0.241 e. The molecule has 1 aromatic heterocycles. The van der Waals surface area contributed by atoms with Crippen LogP contribution in [0.15, 0.2) is 40.8 Å². The predicted octanol–water partition coefficient (Wildman–Crippen LogP) is 4.00. The maximum atomic E-state index is 12.0. The molecule has 0 N–H and O–H groups in total. The van der Waals surface area contributed by atoms with Crippen LogP contribution in [-0.2, 0) is 11.2 Å². The van der Waals surface area contributed by atoms with Gasteiger partial charge in [0.1, 0.15) is 15.8 Å². The molecule has 0 radical (unpaired) electrons. The van der Waals surface area contributed by atoms with Crippen molar-refractivity contribution in [1.82, 2.24) is 4.90 Å². The average molecular weight is 338 g/mol. The number of hydrogen-bond acceptors (Lipinski definition) is 4. The summed E-state index contributed by atoms with van der Waals surface area (Å²) >= 11 is 12.7. The first kappa shape index (κ1) is 14.6. The van der Waals surface area contributed by atoms with Gasteiger partial charge in [0.25, 0.3) is 0 Å². The van der Waals surface area contributed by atoms with Crippen LogP contribution in [0, 0.1) is 0 Å². The first-order valence-electron chi connectivity index (χ1n) is 6.38. The highest BCUT2D eigenvalue weighted by Gasteiger charge is 2.35. The van der Waals surface area contributed by atoms with Crippen molar-refractivity contribution in [3.8, 4) is 11.3 Å². The van der Waals surface area contributed by atoms with Crippen molar-refractivity contribution in [2.75, 3.05) is 7.05 Å². The minimum atomic E-state index is -0.201. The van der Waals surface area contributed by atoms with Gasteiger partial charge >= 0.3 is 0 Å². The fourth-order valence-corrected chi connectivity index (χ4v) is 3.83. The van der Waals surface area contributed by atoms with Gasteiger partial charge in [0.05, 0.1) is 10.3 Å². The molecule has 2 heterocycles. The molecule has 3 nitrogen and oxygen atoms in total. The molecule has 1 unspecified atom stereocenters. The molecule has 1 aliphatic heterocycles. The SMILES string of the molecule is CN1C(=O)C(Cc2ccc(-c3ccccc3Cl)o2)SC1=S. The molecule has 0 bridgehead atoms. The fourth-order valence-electron chi connectivity index (χ4n) is 2.16. The van der Waals surface area contributed by atoms with E-state index < -0.39 is 0 Å². The molecular formula is C15H12ClNO2S2. The largest absolute Gasteiger partial charge is 0.461 e. The van der Waals surface area contributed by atoms with E-state index in [2.05, 4.69) is 0 Å². The van der Waals surface area contributed by atoms with Crippen molar-refractivity contribution >= 4 is 45.8 Å². The number of amides is 1. The van der Waals surface area contributed by atoms with Gasteiger partial charge < -0.3 is 4.42 Å². The second-order valence-corrected chi connectivity index (χ2v) is 6.96. The van der Waals surface area contributed by atoms with Gasteiger partial charge in [-0.25, -0.2) is 0 Å². The molecule has 21 heavy (non-hydrogen) atoms. The van der Waals surface area contributed by atoms with Crippen molar-refractivity contribution < 1.29 is 9.21 Å². The number of hydrogen-bond donors (Lipinski definition) is 0. The van der Waals surface area contributed by atoms with E-state index in [-0.39, 0.29) is 11.2 Å². The smallest absolute Gasteiger partial charge is 0.241 e. The van der Waals surface area contributed by atoms with Crippen LogP contribution in [0.4, 0.5) is 0 Å². The third-order valence-electron chi connectivity index (χ3n) is 3.31. The third kappa shape index (κ3) is 2.86. The molecule has 0 saturated carbocycles. The van der Waals surface area contributed by atoms with Gasteiger partial charge in [0, 0.05) is 19.0 Å². The Bertz CT molecular complexity index is 713. The van der Waals surface area contributed by atoms with Gasteiger partial charge in [0.2, 0.25) is 5.91 Å². The van der Waals surface area contributed by atoms with E-state index in [0.717, 1.165) is 11.3 Å². The van der Waals surface area contributed by atoms with Crippen LogP contribution in [0.5, 0.6) is 0 Å². The summed E-state index contributed by atoms with van der Waals surface area (Å²) in [5, 5.41) is 0.443. The van der Waals surface area contributed by atoms with Gasteiger partial charge in [-0.05, 0) is 24.3 Å². The maximum absolute atomic E-state index is 12.0. The minimum Gasteiger partial charge on any atom is -0.461 e. The summed E-state index contributed by atoms with van der Waals surface area (Å²) in [6, 6.07) is 11.3. The van der Waals surface area contributed by atoms with Crippen molar-refractivity contribution in [3.63, 3.8) is 0 Å². The lowest BCUT2D eigenvalue weighted by Gasteiger charge is -2.06. The monoisotopic (exact) mass is 337 g/mol. The molecule has 1 saturated heterocycles. The number of halogens is 1. The lowest BCUT2D eigenvalue weighted by atomic mass is 10.2. The normalized spacial score (nSPS) is 18.6. The zero-order chi connectivity index (χ0) is 15.0. The molecule has 6 heteroatoms. The van der Waals surface area contributed by atoms with Crippen LogP contribution in [-0.4, -0.2) is 27.4 Å². The van der Waals surface area contributed by atoms with Gasteiger partial charge in [-0.15, -0.1) is 0 Å². The van der Waals surface area contributed by atoms with E-state index in [1.54, 1.807) is 7.05 Å². The van der Waals surface area contributed by atoms with Gasteiger partial charge in [0.15, 0.2) is 0 Å². The molecule has 1 amide bonds. The first-order chi connectivity index (χ1) is 10.1. The average Bonchev–Trinajstić information content (AvgIpc) is 3.01. The standard InChI is InChI=1S/C15H12ClNO2S2/c1-17-14(18)13(21-15(17)20)8-9-6-7-12(19-9)10-4-2-3-5-11(10)16/h2-7,13H,8H2,1H3. The van der Waals surface area contributed by atoms with Crippen molar-refractivity contribution in [1.29, 1.82) is 0 Å². The number of benzene rings is 1. The lowest BCUT2D eigenvalue weighted by Crippen LogP contribution is -2.28. The van der Waals surface area contributed by atoms with E-state index in [9.17, 15) is 4.79 Å². The molecule has 0 spiro atoms. The predicted molar refractivity (Wildman–Crippen MR) is 89.6 cm³/mol. The van der Waals surface area contributed by atoms with Crippen LogP contribution < -0.4 is 0 Å². The Hall–Kier alpha value is -1.30. The van der Waals surface area contributed by atoms with Gasteiger partial charge in [-0.1, -0.05) is 47.7 Å². The highest BCUT2D eigenvalue weighted by molar-refractivity contribution is 8.24. The number of carbonyl (C=O) groups is 1. The Labute approximate surface area is 137 Å². The third-order valence-corrected chi connectivity index (χ3v) is 5.33. The topological polar surface area (TPSA) is 33.5 Å². The van der Waals surface area contributed by atoms with Gasteiger partial charge in [-0.3, -0.25) is 9.69 Å². The van der Waals surface area contributed by atoms with Crippen molar-refractivity contribution in [2.45, 2.75) is 11.7 Å². The summed E-state index contributed by atoms with van der Waals surface area (Å²) < 4.78 is 6.43. The Morgan fingerprint density at radius 1 is 1.33 bits per heavy atom.